The van der Waals surface area contributed by atoms with E-state index in [1.54, 1.807) is 30.1 Å². The van der Waals surface area contributed by atoms with Gasteiger partial charge in [0.15, 0.2) is 0 Å². The molecule has 1 unspecified atom stereocenters. The van der Waals surface area contributed by atoms with Gasteiger partial charge in [0.2, 0.25) is 5.91 Å². The van der Waals surface area contributed by atoms with Gasteiger partial charge in [-0.05, 0) is 23.8 Å². The molecule has 0 bridgehead atoms. The summed E-state index contributed by atoms with van der Waals surface area (Å²) in [5.41, 5.74) is 3.35. The number of ether oxygens (including phenoxy) is 2. The van der Waals surface area contributed by atoms with Crippen molar-refractivity contribution in [3.05, 3.63) is 77.0 Å². The highest BCUT2D eigenvalue weighted by Crippen LogP contribution is 2.37. The standard InChI is InChI=1S/C22H21N3O4/c1-28-19-6-4-3-5-16(19)13-25-21-18(12-23-25)17(11-20(26)24-21)14-7-9-15(10-8-14)22(27)29-2/h3-10,12,17H,11,13H2,1-2H3,(H,24,26). The Morgan fingerprint density at radius 2 is 1.93 bits per heavy atom. The van der Waals surface area contributed by atoms with E-state index >= 15 is 0 Å². The van der Waals surface area contributed by atoms with Gasteiger partial charge in [-0.3, -0.25) is 4.79 Å². The van der Waals surface area contributed by atoms with Gasteiger partial charge in [-0.25, -0.2) is 9.48 Å². The highest BCUT2D eigenvalue weighted by atomic mass is 16.5. The van der Waals surface area contributed by atoms with Crippen LogP contribution in [0.15, 0.2) is 54.7 Å². The normalized spacial score (nSPS) is 15.4. The molecule has 1 aliphatic rings. The molecule has 1 atom stereocenters. The molecule has 0 saturated heterocycles. The first kappa shape index (κ1) is 18.7. The van der Waals surface area contributed by atoms with Gasteiger partial charge >= 0.3 is 5.97 Å². The zero-order valence-electron chi connectivity index (χ0n) is 16.2. The molecule has 1 amide bonds. The van der Waals surface area contributed by atoms with Gasteiger partial charge < -0.3 is 14.8 Å². The first-order valence-electron chi connectivity index (χ1n) is 9.26. The van der Waals surface area contributed by atoms with Crippen molar-refractivity contribution in [2.45, 2.75) is 18.9 Å². The average molecular weight is 391 g/mol. The zero-order chi connectivity index (χ0) is 20.4. The van der Waals surface area contributed by atoms with Crippen molar-refractivity contribution in [1.82, 2.24) is 9.78 Å². The van der Waals surface area contributed by atoms with Crippen LogP contribution >= 0.6 is 0 Å². The SMILES string of the molecule is COC(=O)c1ccc(C2CC(=O)Nc3c2cnn3Cc2ccccc2OC)cc1. The van der Waals surface area contributed by atoms with Crippen LogP contribution in [0.5, 0.6) is 5.75 Å². The van der Waals surface area contributed by atoms with E-state index in [4.69, 9.17) is 9.47 Å². The van der Waals surface area contributed by atoms with E-state index in [1.807, 2.05) is 36.4 Å². The van der Waals surface area contributed by atoms with Gasteiger partial charge in [0.05, 0.1) is 32.5 Å². The molecule has 1 aliphatic heterocycles. The lowest BCUT2D eigenvalue weighted by atomic mass is 9.87. The molecule has 0 aliphatic carbocycles. The zero-order valence-corrected chi connectivity index (χ0v) is 16.2. The molecule has 0 saturated carbocycles. The van der Waals surface area contributed by atoms with Crippen LogP contribution < -0.4 is 10.1 Å². The second-order valence-corrected chi connectivity index (χ2v) is 6.84. The summed E-state index contributed by atoms with van der Waals surface area (Å²) in [6, 6.07) is 14.9. The summed E-state index contributed by atoms with van der Waals surface area (Å²) < 4.78 is 11.9. The van der Waals surface area contributed by atoms with Crippen LogP contribution in [-0.2, 0) is 16.1 Å². The summed E-state index contributed by atoms with van der Waals surface area (Å²) in [6.45, 7) is 0.480. The molecule has 0 radical (unpaired) electrons. The van der Waals surface area contributed by atoms with E-state index in [2.05, 4.69) is 10.4 Å². The molecule has 4 rings (SSSR count). The van der Waals surface area contributed by atoms with Gasteiger partial charge in [-0.1, -0.05) is 30.3 Å². The predicted octanol–water partition coefficient (Wildman–Crippen LogP) is 3.20. The van der Waals surface area contributed by atoms with Crippen molar-refractivity contribution < 1.29 is 19.1 Å². The molecule has 1 aromatic heterocycles. The van der Waals surface area contributed by atoms with Crippen LogP contribution in [0.25, 0.3) is 0 Å². The van der Waals surface area contributed by atoms with Gasteiger partial charge in [-0.2, -0.15) is 5.10 Å². The number of anilines is 1. The second-order valence-electron chi connectivity index (χ2n) is 6.84. The molecule has 29 heavy (non-hydrogen) atoms. The Kier molecular flexibility index (Phi) is 5.03. The summed E-state index contributed by atoms with van der Waals surface area (Å²) >= 11 is 0. The molecule has 2 heterocycles. The Morgan fingerprint density at radius 3 is 2.66 bits per heavy atom. The largest absolute Gasteiger partial charge is 0.496 e. The molecule has 3 aromatic rings. The Morgan fingerprint density at radius 1 is 1.17 bits per heavy atom. The van der Waals surface area contributed by atoms with Gasteiger partial charge in [0.1, 0.15) is 11.6 Å². The minimum Gasteiger partial charge on any atom is -0.496 e. The van der Waals surface area contributed by atoms with E-state index in [0.717, 1.165) is 22.4 Å². The van der Waals surface area contributed by atoms with Gasteiger partial charge in [0.25, 0.3) is 0 Å². The smallest absolute Gasteiger partial charge is 0.337 e. The number of carbonyl (C=O) groups is 2. The number of methoxy groups -OCH3 is 2. The fourth-order valence-electron chi connectivity index (χ4n) is 3.65. The van der Waals surface area contributed by atoms with E-state index in [-0.39, 0.29) is 17.8 Å². The molecule has 0 fully saturated rings. The number of benzene rings is 2. The van der Waals surface area contributed by atoms with E-state index < -0.39 is 0 Å². The van der Waals surface area contributed by atoms with Crippen molar-refractivity contribution >= 4 is 17.7 Å². The fraction of sp³-hybridized carbons (Fsp3) is 0.227. The van der Waals surface area contributed by atoms with Crippen LogP contribution in [-0.4, -0.2) is 35.9 Å². The average Bonchev–Trinajstić information content (AvgIpc) is 3.15. The highest BCUT2D eigenvalue weighted by molar-refractivity contribution is 5.94. The number of para-hydroxylation sites is 1. The van der Waals surface area contributed by atoms with Crippen molar-refractivity contribution in [2.24, 2.45) is 0 Å². The molecule has 0 spiro atoms. The third-order valence-corrected chi connectivity index (χ3v) is 5.14. The number of nitrogens with zero attached hydrogens (tertiary/aromatic N) is 2. The Balaban J connectivity index is 1.66. The predicted molar refractivity (Wildman–Crippen MR) is 107 cm³/mol. The van der Waals surface area contributed by atoms with Crippen LogP contribution in [0.4, 0.5) is 5.82 Å². The van der Waals surface area contributed by atoms with Crippen molar-refractivity contribution in [3.63, 3.8) is 0 Å². The number of rotatable bonds is 5. The van der Waals surface area contributed by atoms with E-state index in [1.165, 1.54) is 7.11 Å². The molecule has 7 nitrogen and oxygen atoms in total. The maximum atomic E-state index is 12.4. The Hall–Kier alpha value is -3.61. The van der Waals surface area contributed by atoms with Crippen LogP contribution in [0.3, 0.4) is 0 Å². The lowest BCUT2D eigenvalue weighted by Gasteiger charge is -2.24. The van der Waals surface area contributed by atoms with E-state index in [9.17, 15) is 9.59 Å². The third-order valence-electron chi connectivity index (χ3n) is 5.14. The number of fused-ring (bicyclic) bond motifs is 1. The van der Waals surface area contributed by atoms with Crippen molar-refractivity contribution in [3.8, 4) is 5.75 Å². The lowest BCUT2D eigenvalue weighted by Crippen LogP contribution is -2.25. The summed E-state index contributed by atoms with van der Waals surface area (Å²) in [7, 11) is 2.98. The van der Waals surface area contributed by atoms with Crippen LogP contribution in [0.2, 0.25) is 0 Å². The maximum absolute atomic E-state index is 12.4. The Labute approximate surface area is 168 Å². The third kappa shape index (κ3) is 3.59. The summed E-state index contributed by atoms with van der Waals surface area (Å²) in [5, 5.41) is 7.46. The minimum absolute atomic E-state index is 0.0682. The summed E-state index contributed by atoms with van der Waals surface area (Å²) in [5.74, 6) is 0.879. The highest BCUT2D eigenvalue weighted by Gasteiger charge is 2.30. The maximum Gasteiger partial charge on any atom is 0.337 e. The number of carbonyl (C=O) groups excluding carboxylic acids is 2. The lowest BCUT2D eigenvalue weighted by molar-refractivity contribution is -0.116. The first-order chi connectivity index (χ1) is 14.1. The number of esters is 1. The van der Waals surface area contributed by atoms with Gasteiger partial charge in [-0.15, -0.1) is 0 Å². The number of aromatic nitrogens is 2. The fourth-order valence-corrected chi connectivity index (χ4v) is 3.65. The van der Waals surface area contributed by atoms with Crippen molar-refractivity contribution in [1.29, 1.82) is 0 Å². The minimum atomic E-state index is -0.386. The molecule has 2 aromatic carbocycles. The molecule has 148 valence electrons. The Bertz CT molecular complexity index is 1060. The van der Waals surface area contributed by atoms with Crippen LogP contribution in [0, 0.1) is 0 Å². The molecular weight excluding hydrogens is 370 g/mol. The number of nitrogens with one attached hydrogen (secondary N) is 1. The topological polar surface area (TPSA) is 82.5 Å². The molecular formula is C22H21N3O4. The first-order valence-corrected chi connectivity index (χ1v) is 9.26. The summed E-state index contributed by atoms with van der Waals surface area (Å²) in [4.78, 5) is 24.1. The number of amides is 1. The molecule has 1 N–H and O–H groups in total. The summed E-state index contributed by atoms with van der Waals surface area (Å²) in [6.07, 6.45) is 2.12. The van der Waals surface area contributed by atoms with Crippen molar-refractivity contribution in [2.75, 3.05) is 19.5 Å². The number of hydrogen-bond donors (Lipinski definition) is 1. The second kappa shape index (κ2) is 7.79. The molecule has 7 heteroatoms. The quantitative estimate of drug-likeness (QED) is 0.676. The van der Waals surface area contributed by atoms with Gasteiger partial charge in [0, 0.05) is 23.5 Å². The monoisotopic (exact) mass is 391 g/mol. The number of hydrogen-bond acceptors (Lipinski definition) is 5. The van der Waals surface area contributed by atoms with E-state index in [0.29, 0.717) is 24.3 Å². The van der Waals surface area contributed by atoms with Crippen LogP contribution in [0.1, 0.15) is 39.4 Å².